The summed E-state index contributed by atoms with van der Waals surface area (Å²) in [6, 6.07) is 9.13. The predicted molar refractivity (Wildman–Crippen MR) is 117 cm³/mol. The van der Waals surface area contributed by atoms with Gasteiger partial charge in [-0.25, -0.2) is 13.2 Å². The van der Waals surface area contributed by atoms with Gasteiger partial charge >= 0.3 is 0 Å². The molecule has 10 heteroatoms. The lowest BCUT2D eigenvalue weighted by Crippen LogP contribution is -2.44. The Hall–Kier alpha value is -3.45. The van der Waals surface area contributed by atoms with Crippen molar-refractivity contribution in [2.45, 2.75) is 32.2 Å². The van der Waals surface area contributed by atoms with Crippen LogP contribution in [0.5, 0.6) is 0 Å². The molecule has 1 fully saturated rings. The highest BCUT2D eigenvalue weighted by Gasteiger charge is 2.50. The molecule has 0 bridgehead atoms. The summed E-state index contributed by atoms with van der Waals surface area (Å²) in [5, 5.41) is 11.4. The highest BCUT2D eigenvalue weighted by atomic mass is 32.1. The van der Waals surface area contributed by atoms with Gasteiger partial charge in [0, 0.05) is 25.2 Å². The molecule has 2 amide bonds. The number of thiocarbonyl (C=S) groups is 1. The summed E-state index contributed by atoms with van der Waals surface area (Å²) >= 11 is 5.48. The van der Waals surface area contributed by atoms with Gasteiger partial charge < -0.3 is 10.2 Å². The van der Waals surface area contributed by atoms with Crippen LogP contribution in [0.15, 0.2) is 36.4 Å². The number of amides is 2. The number of benzene rings is 2. The van der Waals surface area contributed by atoms with Gasteiger partial charge in [-0.05, 0) is 62.5 Å². The summed E-state index contributed by atoms with van der Waals surface area (Å²) in [5.41, 5.74) is -1.93. The van der Waals surface area contributed by atoms with Crippen LogP contribution in [0.25, 0.3) is 0 Å². The Balaban J connectivity index is 2.10. The molecule has 0 aliphatic carbocycles. The maximum atomic E-state index is 14.6. The first-order chi connectivity index (χ1) is 14.8. The summed E-state index contributed by atoms with van der Waals surface area (Å²) in [7, 11) is 1.37. The second kappa shape index (κ2) is 7.91. The lowest BCUT2D eigenvalue weighted by molar-refractivity contribution is -0.120. The fourth-order valence-electron chi connectivity index (χ4n) is 3.55. The van der Waals surface area contributed by atoms with E-state index in [1.54, 1.807) is 19.9 Å². The lowest BCUT2D eigenvalue weighted by Gasteiger charge is -2.29. The Morgan fingerprint density at radius 3 is 2.34 bits per heavy atom. The van der Waals surface area contributed by atoms with Gasteiger partial charge in [-0.15, -0.1) is 0 Å². The summed E-state index contributed by atoms with van der Waals surface area (Å²) in [4.78, 5) is 27.5. The monoisotopic (exact) mass is 460 g/mol. The SMILES string of the molecule is CNC(=O)c1ccc(N2C(=S)N(c3ccc(C#N)c(C(C)(F)F)c3)C(=O)C2(C)C)cc1F. The number of hydrogen-bond donors (Lipinski definition) is 1. The maximum Gasteiger partial charge on any atom is 0.271 e. The van der Waals surface area contributed by atoms with E-state index in [1.165, 1.54) is 36.2 Å². The number of nitrogens with zero attached hydrogens (tertiary/aromatic N) is 3. The summed E-state index contributed by atoms with van der Waals surface area (Å²) in [6.07, 6.45) is 0. The van der Waals surface area contributed by atoms with Gasteiger partial charge in [0.25, 0.3) is 17.7 Å². The Kier molecular flexibility index (Phi) is 5.74. The van der Waals surface area contributed by atoms with Crippen molar-refractivity contribution >= 4 is 40.5 Å². The minimum Gasteiger partial charge on any atom is -0.355 e. The second-order valence-electron chi connectivity index (χ2n) is 7.79. The second-order valence-corrected chi connectivity index (χ2v) is 8.16. The number of nitriles is 1. The normalized spacial score (nSPS) is 15.7. The van der Waals surface area contributed by atoms with E-state index in [0.29, 0.717) is 6.92 Å². The number of alkyl halides is 2. The Morgan fingerprint density at radius 2 is 1.81 bits per heavy atom. The van der Waals surface area contributed by atoms with Gasteiger partial charge in [0.15, 0.2) is 5.11 Å². The first kappa shape index (κ1) is 23.2. The molecule has 32 heavy (non-hydrogen) atoms. The molecule has 2 aromatic rings. The standard InChI is InChI=1S/C22H19F3N4O2S/c1-21(2)19(31)28(13-6-5-12(11-26)16(9-13)22(3,24)25)20(32)29(21)14-7-8-15(17(23)10-14)18(30)27-4/h5-10H,1-4H3,(H,27,30). The molecule has 0 unspecified atom stereocenters. The predicted octanol–water partition coefficient (Wildman–Crippen LogP) is 4.09. The molecule has 0 atom stereocenters. The van der Waals surface area contributed by atoms with Crippen LogP contribution in [0.3, 0.4) is 0 Å². The minimum atomic E-state index is -3.32. The van der Waals surface area contributed by atoms with Gasteiger partial charge in [-0.3, -0.25) is 14.5 Å². The lowest BCUT2D eigenvalue weighted by atomic mass is 10.0. The minimum absolute atomic E-state index is 0.0535. The zero-order valence-electron chi connectivity index (χ0n) is 17.7. The smallest absolute Gasteiger partial charge is 0.271 e. The summed E-state index contributed by atoms with van der Waals surface area (Å²) in [6.45, 7) is 3.78. The van der Waals surface area contributed by atoms with Crippen molar-refractivity contribution in [3.8, 4) is 6.07 Å². The van der Waals surface area contributed by atoms with E-state index >= 15 is 0 Å². The molecule has 1 aliphatic rings. The van der Waals surface area contributed by atoms with E-state index in [-0.39, 0.29) is 27.6 Å². The third kappa shape index (κ3) is 3.69. The van der Waals surface area contributed by atoms with Crippen molar-refractivity contribution in [1.82, 2.24) is 5.32 Å². The third-order valence-corrected chi connectivity index (χ3v) is 5.57. The highest BCUT2D eigenvalue weighted by Crippen LogP contribution is 2.39. The third-order valence-electron chi connectivity index (χ3n) is 5.21. The zero-order valence-corrected chi connectivity index (χ0v) is 18.5. The first-order valence-electron chi connectivity index (χ1n) is 9.47. The molecule has 0 radical (unpaired) electrons. The van der Waals surface area contributed by atoms with Crippen LogP contribution < -0.4 is 15.1 Å². The molecule has 3 rings (SSSR count). The van der Waals surface area contributed by atoms with Crippen molar-refractivity contribution in [3.63, 3.8) is 0 Å². The van der Waals surface area contributed by atoms with E-state index in [2.05, 4.69) is 5.32 Å². The van der Waals surface area contributed by atoms with Gasteiger partial charge in [-0.2, -0.15) is 5.26 Å². The largest absolute Gasteiger partial charge is 0.355 e. The van der Waals surface area contributed by atoms with Gasteiger partial charge in [-0.1, -0.05) is 0 Å². The molecule has 1 aliphatic heterocycles. The average molecular weight is 460 g/mol. The van der Waals surface area contributed by atoms with Crippen LogP contribution in [0.1, 0.15) is 42.3 Å². The average Bonchev–Trinajstić information content (AvgIpc) is 2.90. The zero-order chi connectivity index (χ0) is 24.0. The molecule has 1 heterocycles. The van der Waals surface area contributed by atoms with E-state index in [0.717, 1.165) is 17.0 Å². The topological polar surface area (TPSA) is 76.4 Å². The van der Waals surface area contributed by atoms with Crippen LogP contribution in [0.4, 0.5) is 24.5 Å². The van der Waals surface area contributed by atoms with Crippen molar-refractivity contribution < 1.29 is 22.8 Å². The summed E-state index contributed by atoms with van der Waals surface area (Å²) < 4.78 is 42.7. The highest BCUT2D eigenvalue weighted by molar-refractivity contribution is 7.81. The van der Waals surface area contributed by atoms with Crippen molar-refractivity contribution in [3.05, 3.63) is 58.9 Å². The molecular weight excluding hydrogens is 441 g/mol. The van der Waals surface area contributed by atoms with Crippen LogP contribution in [0.2, 0.25) is 0 Å². The van der Waals surface area contributed by atoms with Crippen LogP contribution in [0, 0.1) is 17.1 Å². The molecule has 1 saturated heterocycles. The number of halogens is 3. The molecule has 6 nitrogen and oxygen atoms in total. The molecule has 0 spiro atoms. The van der Waals surface area contributed by atoms with E-state index < -0.39 is 34.7 Å². The van der Waals surface area contributed by atoms with Crippen molar-refractivity contribution in [2.75, 3.05) is 16.8 Å². The van der Waals surface area contributed by atoms with Crippen LogP contribution >= 0.6 is 12.2 Å². The van der Waals surface area contributed by atoms with Crippen molar-refractivity contribution in [1.29, 1.82) is 5.26 Å². The molecule has 2 aromatic carbocycles. The summed E-state index contributed by atoms with van der Waals surface area (Å²) in [5.74, 6) is -5.26. The van der Waals surface area contributed by atoms with Crippen LogP contribution in [-0.2, 0) is 10.7 Å². The molecule has 0 aromatic heterocycles. The number of anilines is 2. The van der Waals surface area contributed by atoms with E-state index in [1.807, 2.05) is 0 Å². The molecule has 166 valence electrons. The van der Waals surface area contributed by atoms with E-state index in [4.69, 9.17) is 17.5 Å². The number of carbonyl (C=O) groups is 2. The van der Waals surface area contributed by atoms with E-state index in [9.17, 15) is 22.8 Å². The Labute approximate surface area is 188 Å². The number of nitrogens with one attached hydrogen (secondary N) is 1. The first-order valence-corrected chi connectivity index (χ1v) is 9.88. The van der Waals surface area contributed by atoms with Gasteiger partial charge in [0.1, 0.15) is 11.4 Å². The van der Waals surface area contributed by atoms with Crippen LogP contribution in [-0.4, -0.2) is 29.5 Å². The number of hydrogen-bond acceptors (Lipinski definition) is 4. The van der Waals surface area contributed by atoms with Gasteiger partial charge in [0.05, 0.1) is 22.9 Å². The number of carbonyl (C=O) groups excluding carboxylic acids is 2. The Bertz CT molecular complexity index is 1180. The number of rotatable bonds is 4. The quantitative estimate of drug-likeness (QED) is 0.696. The van der Waals surface area contributed by atoms with Crippen molar-refractivity contribution in [2.24, 2.45) is 0 Å². The molecule has 1 N–H and O–H groups in total. The van der Waals surface area contributed by atoms with Gasteiger partial charge in [0.2, 0.25) is 0 Å². The fraction of sp³-hybridized carbons (Fsp3) is 0.273. The molecular formula is C22H19F3N4O2S. The fourth-order valence-corrected chi connectivity index (χ4v) is 4.07. The molecule has 0 saturated carbocycles. The Morgan fingerprint density at radius 1 is 1.19 bits per heavy atom. The maximum absolute atomic E-state index is 14.6.